The number of hydrogen-bond donors (Lipinski definition) is 7. The molecule has 7 N–H and O–H groups in total. The first-order valence-electron chi connectivity index (χ1n) is 32.0. The molecule has 4 aliphatic rings. The number of hydrogen-bond acceptors (Lipinski definition) is 14. The first kappa shape index (κ1) is 63.4. The number of piperidine rings is 2. The van der Waals surface area contributed by atoms with Gasteiger partial charge in [-0.25, -0.2) is 14.8 Å². The first-order chi connectivity index (χ1) is 45.2. The Hall–Kier alpha value is -9.72. The number of aromatic amines is 1. The molecule has 480 valence electrons. The molecule has 2 aliphatic heterocycles. The fraction of sp³-hybridized carbons (Fsp3) is 0.361. The van der Waals surface area contributed by atoms with Crippen molar-refractivity contribution in [2.45, 2.75) is 87.1 Å². The molecule has 3 fully saturated rings. The van der Waals surface area contributed by atoms with E-state index in [0.29, 0.717) is 35.3 Å². The number of aromatic nitrogens is 4. The number of aryl methyl sites for hydroxylation is 1. The van der Waals surface area contributed by atoms with Crippen molar-refractivity contribution in [1.29, 1.82) is 0 Å². The van der Waals surface area contributed by atoms with Crippen LogP contribution in [0.4, 0.5) is 10.7 Å². The van der Waals surface area contributed by atoms with Gasteiger partial charge in [0.25, 0.3) is 5.56 Å². The minimum Gasteiger partial charge on any atom is -0.449 e. The number of carbonyl (C=O) groups is 5. The molecule has 2 aliphatic carbocycles. The zero-order valence-electron chi connectivity index (χ0n) is 52.4. The monoisotopic (exact) mass is 1250 g/mol. The van der Waals surface area contributed by atoms with Crippen LogP contribution in [0.1, 0.15) is 79.3 Å². The summed E-state index contributed by atoms with van der Waals surface area (Å²) in [6, 6.07) is 42.1. The molecule has 0 radical (unpaired) electrons. The van der Waals surface area contributed by atoms with Crippen LogP contribution in [0.2, 0.25) is 0 Å². The lowest BCUT2D eigenvalue weighted by Gasteiger charge is -2.45. The van der Waals surface area contributed by atoms with Crippen molar-refractivity contribution in [3.8, 4) is 34.6 Å². The van der Waals surface area contributed by atoms with Gasteiger partial charge in [0.2, 0.25) is 29.6 Å². The van der Waals surface area contributed by atoms with E-state index in [1.54, 1.807) is 17.8 Å². The maximum atomic E-state index is 13.9. The van der Waals surface area contributed by atoms with Crippen molar-refractivity contribution >= 4 is 57.5 Å². The van der Waals surface area contributed by atoms with E-state index >= 15 is 0 Å². The van der Waals surface area contributed by atoms with Crippen LogP contribution >= 0.6 is 0 Å². The third-order valence-electron chi connectivity index (χ3n) is 18.4. The van der Waals surface area contributed by atoms with Crippen LogP contribution in [-0.2, 0) is 52.5 Å². The third-order valence-corrected chi connectivity index (χ3v) is 18.4. The van der Waals surface area contributed by atoms with Crippen LogP contribution in [-0.4, -0.2) is 150 Å². The van der Waals surface area contributed by atoms with E-state index in [2.05, 4.69) is 65.6 Å². The zero-order valence-corrected chi connectivity index (χ0v) is 52.4. The molecule has 1 unspecified atom stereocenters. The zero-order chi connectivity index (χ0) is 64.5. The van der Waals surface area contributed by atoms with Gasteiger partial charge < -0.3 is 65.5 Å². The number of anilines is 1. The number of pyridine rings is 1. The summed E-state index contributed by atoms with van der Waals surface area (Å²) in [5.74, 6) is 0.614. The quantitative estimate of drug-likeness (QED) is 0.0182. The Kier molecular flexibility index (Phi) is 19.4. The van der Waals surface area contributed by atoms with Gasteiger partial charge in [-0.15, -0.1) is 6.42 Å². The largest absolute Gasteiger partial charge is 0.449 e. The molecule has 0 bridgehead atoms. The van der Waals surface area contributed by atoms with Gasteiger partial charge >= 0.3 is 6.09 Å². The number of rotatable bonds is 25. The van der Waals surface area contributed by atoms with E-state index in [1.165, 1.54) is 0 Å². The average molecular weight is 1260 g/mol. The van der Waals surface area contributed by atoms with Gasteiger partial charge in [-0.05, 0) is 103 Å². The molecule has 5 heterocycles. The number of nitrogens with one attached hydrogen (secondary N) is 7. The van der Waals surface area contributed by atoms with E-state index < -0.39 is 61.0 Å². The number of alkyl carbamates (subject to hydrolysis) is 1. The number of fused-ring (bicyclic) bond motifs is 5. The maximum Gasteiger partial charge on any atom is 0.407 e. The lowest BCUT2D eigenvalue weighted by molar-refractivity contribution is -0.131. The third kappa shape index (κ3) is 14.6. The smallest absolute Gasteiger partial charge is 0.407 e. The van der Waals surface area contributed by atoms with Crippen LogP contribution < -0.4 is 42.4 Å². The number of terminal acetylenes is 1. The van der Waals surface area contributed by atoms with E-state index in [0.717, 1.165) is 120 Å². The Bertz CT molecular complexity index is 4090. The fourth-order valence-electron chi connectivity index (χ4n) is 13.1. The normalized spacial score (nSPS) is 16.5. The van der Waals surface area contributed by atoms with E-state index in [4.69, 9.17) is 30.6 Å². The van der Waals surface area contributed by atoms with Crippen molar-refractivity contribution in [3.05, 3.63) is 184 Å². The molecule has 21 heteroatoms. The second kappa shape index (κ2) is 28.4. The number of benzene rings is 5. The first-order valence-corrected chi connectivity index (χ1v) is 32.0. The summed E-state index contributed by atoms with van der Waals surface area (Å²) < 4.78 is 20.9. The maximum absolute atomic E-state index is 13.9. The number of ether oxygens (including phenoxy) is 3. The predicted octanol–water partition coefficient (Wildman–Crippen LogP) is 6.53. The van der Waals surface area contributed by atoms with Crippen molar-refractivity contribution in [2.75, 3.05) is 77.2 Å². The molecular weight excluding hydrogens is 1180 g/mol. The summed E-state index contributed by atoms with van der Waals surface area (Å²) in [5.41, 5.74) is 7.79. The SMILES string of the molecule is C#CCNC1(C)CCN(C2CCN(c3nc(C(COCNC(=O)CNC(=O)[C@H](Cc4ccccc4)NC(=O)CNC(=O)CNC(=O)OCC4c5ccccc5-c5ccccc54)(OC4CC4)c4ccccc4)c4cc(-c5cn(C)c(=O)c6[nH]ccc56)ccc4n3)CC2)CC1. The molecule has 21 nitrogen and oxygen atoms in total. The minimum absolute atomic E-state index is 0.0206. The fourth-order valence-corrected chi connectivity index (χ4v) is 13.1. The Morgan fingerprint density at radius 2 is 1.41 bits per heavy atom. The van der Waals surface area contributed by atoms with Crippen LogP contribution in [0, 0.1) is 12.3 Å². The summed E-state index contributed by atoms with van der Waals surface area (Å²) in [4.78, 5) is 98.8. The average Bonchev–Trinajstić information content (AvgIpc) is 1.55. The molecule has 1 saturated carbocycles. The number of carbonyl (C=O) groups excluding carboxylic acids is 5. The van der Waals surface area contributed by atoms with Crippen LogP contribution in [0.5, 0.6) is 0 Å². The molecule has 8 aromatic rings. The Labute approximate surface area is 539 Å². The highest BCUT2D eigenvalue weighted by molar-refractivity contribution is 5.98. The standard InChI is InChI=1S/C72H78N12O9/c1-4-32-78-71(2)30-36-83(37-31-71)50-28-34-84(35-29-50)69-80-60-26-23-48(58-43-82(3)68(89)65-56(58)27-33-73-65)39-57(60)66(81-69)72(93-51-24-25-51,49-17-9-6-10-18-49)45-91-46-77-63(86)40-75-67(88)61(38-47-15-7-5-8-16-47)79-64(87)42-74-62(85)41-76-70(90)92-44-59-54-21-13-11-19-52(54)53-20-12-14-22-55(53)59/h1,5-23,26-27,33,39,43,50-51,59,61,73,78H,24-25,28-32,34-38,40-42,44-46H2,2-3H3,(H,74,85)(H,75,88)(H,76,90)(H,77,86)(H,79,87)/t61-,72?/m0/s1. The molecule has 5 aromatic carbocycles. The van der Waals surface area contributed by atoms with Crippen molar-refractivity contribution in [3.63, 3.8) is 0 Å². The molecule has 2 atom stereocenters. The van der Waals surface area contributed by atoms with Gasteiger partial charge in [0.05, 0.1) is 43.6 Å². The minimum atomic E-state index is -1.34. The lowest BCUT2D eigenvalue weighted by Crippen LogP contribution is -2.55. The summed E-state index contributed by atoms with van der Waals surface area (Å²) in [7, 11) is 1.74. The molecule has 93 heavy (non-hydrogen) atoms. The Morgan fingerprint density at radius 3 is 2.12 bits per heavy atom. The molecule has 2 saturated heterocycles. The second-order valence-electron chi connectivity index (χ2n) is 24.8. The van der Waals surface area contributed by atoms with Crippen molar-refractivity contribution in [2.24, 2.45) is 7.05 Å². The highest BCUT2D eigenvalue weighted by Crippen LogP contribution is 2.46. The van der Waals surface area contributed by atoms with Crippen LogP contribution in [0.3, 0.4) is 0 Å². The predicted molar refractivity (Wildman–Crippen MR) is 355 cm³/mol. The lowest BCUT2D eigenvalue weighted by atomic mass is 9.87. The summed E-state index contributed by atoms with van der Waals surface area (Å²) >= 11 is 0. The van der Waals surface area contributed by atoms with Crippen molar-refractivity contribution < 1.29 is 38.2 Å². The van der Waals surface area contributed by atoms with E-state index in [9.17, 15) is 28.8 Å². The molecular formula is C72H78N12O9. The van der Waals surface area contributed by atoms with Crippen LogP contribution in [0.15, 0.2) is 151 Å². The summed E-state index contributed by atoms with van der Waals surface area (Å²) in [5, 5.41) is 18.2. The Balaban J connectivity index is 0.712. The Morgan fingerprint density at radius 1 is 0.742 bits per heavy atom. The number of nitrogens with zero attached hydrogens (tertiary/aromatic N) is 5. The van der Waals surface area contributed by atoms with Gasteiger partial charge in [0.1, 0.15) is 31.4 Å². The van der Waals surface area contributed by atoms with Gasteiger partial charge in [-0.2, -0.15) is 0 Å². The number of amides is 5. The van der Waals surface area contributed by atoms with Gasteiger partial charge in [0, 0.05) is 85.9 Å². The van der Waals surface area contributed by atoms with E-state index in [-0.39, 0.29) is 49.5 Å². The van der Waals surface area contributed by atoms with Gasteiger partial charge in [0.15, 0.2) is 5.60 Å². The number of H-pyrrole nitrogens is 1. The topological polar surface area (TPSA) is 255 Å². The summed E-state index contributed by atoms with van der Waals surface area (Å²) in [6.07, 6.45) is 13.9. The second-order valence-corrected chi connectivity index (χ2v) is 24.8. The molecule has 12 rings (SSSR count). The molecule has 0 spiro atoms. The van der Waals surface area contributed by atoms with Gasteiger partial charge in [-0.3, -0.25) is 24.0 Å². The summed E-state index contributed by atoms with van der Waals surface area (Å²) in [6.45, 7) is 4.59. The molecule has 3 aromatic heterocycles. The highest BCUT2D eigenvalue weighted by atomic mass is 16.6. The van der Waals surface area contributed by atoms with Crippen LogP contribution in [0.25, 0.3) is 44.1 Å². The van der Waals surface area contributed by atoms with Crippen molar-refractivity contribution in [1.82, 2.24) is 56.3 Å². The highest BCUT2D eigenvalue weighted by Gasteiger charge is 2.45. The molecule has 5 amide bonds. The van der Waals surface area contributed by atoms with Gasteiger partial charge in [-0.1, -0.05) is 121 Å². The van der Waals surface area contributed by atoms with E-state index in [1.807, 2.05) is 134 Å². The number of likely N-dealkylation sites (tertiary alicyclic amines) is 1.